The number of benzene rings is 3. The minimum Gasteiger partial charge on any atom is -0.310 e. The van der Waals surface area contributed by atoms with Crippen molar-refractivity contribution < 1.29 is 4.79 Å². The maximum atomic E-state index is 12.7. The van der Waals surface area contributed by atoms with Crippen molar-refractivity contribution in [2.75, 3.05) is 5.32 Å². The Morgan fingerprint density at radius 2 is 1.55 bits per heavy atom. The van der Waals surface area contributed by atoms with Gasteiger partial charge in [-0.25, -0.2) is 4.68 Å². The van der Waals surface area contributed by atoms with Crippen LogP contribution in [0.2, 0.25) is 0 Å². The Bertz CT molecular complexity index is 1180. The maximum absolute atomic E-state index is 12.7. The first-order chi connectivity index (χ1) is 14.2. The van der Waals surface area contributed by atoms with E-state index in [9.17, 15) is 4.79 Å². The van der Waals surface area contributed by atoms with Crippen LogP contribution in [-0.4, -0.2) is 15.7 Å². The minimum absolute atomic E-state index is 0.0162. The van der Waals surface area contributed by atoms with Gasteiger partial charge in [-0.15, -0.1) is 0 Å². The fraction of sp³-hybridized carbons (Fsp3) is 0.120. The van der Waals surface area contributed by atoms with E-state index in [0.29, 0.717) is 6.42 Å². The second kappa shape index (κ2) is 7.06. The number of aromatic nitrogens is 2. The van der Waals surface area contributed by atoms with E-state index in [1.165, 1.54) is 11.1 Å². The van der Waals surface area contributed by atoms with Crippen molar-refractivity contribution in [1.29, 1.82) is 0 Å². The number of hydrogen-bond acceptors (Lipinski definition) is 2. The third kappa shape index (κ3) is 3.03. The molecular weight excluding hydrogens is 358 g/mol. The first kappa shape index (κ1) is 17.4. The minimum atomic E-state index is -0.0346. The molecule has 4 aromatic rings. The first-order valence-electron chi connectivity index (χ1n) is 9.81. The van der Waals surface area contributed by atoms with E-state index in [1.54, 1.807) is 0 Å². The average Bonchev–Trinajstić information content (AvgIpc) is 3.14. The topological polar surface area (TPSA) is 46.9 Å². The Kier molecular flexibility index (Phi) is 4.24. The summed E-state index contributed by atoms with van der Waals surface area (Å²) in [6, 6.07) is 28.4. The van der Waals surface area contributed by atoms with Crippen molar-refractivity contribution >= 4 is 11.7 Å². The van der Waals surface area contributed by atoms with Gasteiger partial charge in [0.25, 0.3) is 0 Å². The number of hydrogen-bond donors (Lipinski definition) is 1. The predicted molar refractivity (Wildman–Crippen MR) is 115 cm³/mol. The van der Waals surface area contributed by atoms with Crippen LogP contribution in [-0.2, 0) is 4.79 Å². The number of para-hydroxylation sites is 1. The van der Waals surface area contributed by atoms with E-state index in [-0.39, 0.29) is 11.8 Å². The van der Waals surface area contributed by atoms with Gasteiger partial charge in [-0.2, -0.15) is 5.10 Å². The molecule has 1 N–H and O–H groups in total. The number of anilines is 1. The summed E-state index contributed by atoms with van der Waals surface area (Å²) in [7, 11) is 0. The Balaban J connectivity index is 1.80. The molecule has 4 nitrogen and oxygen atoms in total. The molecular formula is C25H21N3O. The monoisotopic (exact) mass is 379 g/mol. The molecule has 1 unspecified atom stereocenters. The van der Waals surface area contributed by atoms with Crippen LogP contribution in [0, 0.1) is 6.92 Å². The van der Waals surface area contributed by atoms with Gasteiger partial charge in [-0.05, 0) is 30.2 Å². The number of aryl methyl sites for hydroxylation is 1. The van der Waals surface area contributed by atoms with Crippen molar-refractivity contribution in [2.24, 2.45) is 0 Å². The van der Waals surface area contributed by atoms with E-state index in [4.69, 9.17) is 5.10 Å². The normalized spacial score (nSPS) is 15.6. The molecule has 0 saturated carbocycles. The smallest absolute Gasteiger partial charge is 0.226 e. The molecule has 29 heavy (non-hydrogen) atoms. The Morgan fingerprint density at radius 1 is 0.897 bits per heavy atom. The molecule has 1 amide bonds. The molecule has 0 bridgehead atoms. The van der Waals surface area contributed by atoms with Gasteiger partial charge < -0.3 is 5.32 Å². The Morgan fingerprint density at radius 3 is 2.28 bits per heavy atom. The van der Waals surface area contributed by atoms with Gasteiger partial charge in [0.15, 0.2) is 0 Å². The molecule has 1 aromatic heterocycles. The summed E-state index contributed by atoms with van der Waals surface area (Å²) in [4.78, 5) is 12.7. The second-order valence-electron chi connectivity index (χ2n) is 7.39. The highest BCUT2D eigenvalue weighted by atomic mass is 16.1. The Labute approximate surface area is 169 Å². The largest absolute Gasteiger partial charge is 0.310 e. The second-order valence-corrected chi connectivity index (χ2v) is 7.39. The van der Waals surface area contributed by atoms with E-state index < -0.39 is 0 Å². The Hall–Kier alpha value is -3.66. The summed E-state index contributed by atoms with van der Waals surface area (Å²) in [5, 5.41) is 8.07. The highest BCUT2D eigenvalue weighted by Gasteiger charge is 2.34. The number of carbonyl (C=O) groups excluding carboxylic acids is 1. The number of nitrogens with zero attached hydrogens (tertiary/aromatic N) is 2. The summed E-state index contributed by atoms with van der Waals surface area (Å²) in [6.07, 6.45) is 0.415. The van der Waals surface area contributed by atoms with Crippen molar-refractivity contribution in [3.05, 3.63) is 102 Å². The molecule has 2 heterocycles. The van der Waals surface area contributed by atoms with Crippen LogP contribution >= 0.6 is 0 Å². The summed E-state index contributed by atoms with van der Waals surface area (Å²) >= 11 is 0. The lowest BCUT2D eigenvalue weighted by Gasteiger charge is -2.26. The lowest BCUT2D eigenvalue weighted by Crippen LogP contribution is -2.25. The molecule has 1 aliphatic rings. The van der Waals surface area contributed by atoms with E-state index in [0.717, 1.165) is 28.3 Å². The zero-order chi connectivity index (χ0) is 19.8. The maximum Gasteiger partial charge on any atom is 0.226 e. The molecule has 0 spiro atoms. The van der Waals surface area contributed by atoms with Crippen LogP contribution in [0.4, 0.5) is 5.82 Å². The number of rotatable bonds is 3. The van der Waals surface area contributed by atoms with Crippen LogP contribution in [0.3, 0.4) is 0 Å². The van der Waals surface area contributed by atoms with Gasteiger partial charge in [-0.1, -0.05) is 72.8 Å². The fourth-order valence-corrected chi connectivity index (χ4v) is 4.16. The molecule has 0 fully saturated rings. The van der Waals surface area contributed by atoms with Gasteiger partial charge in [0.2, 0.25) is 5.91 Å². The number of nitrogens with one attached hydrogen (secondary N) is 1. The number of amides is 1. The van der Waals surface area contributed by atoms with Gasteiger partial charge in [0.05, 0.1) is 11.4 Å². The molecule has 0 aliphatic carbocycles. The summed E-state index contributed by atoms with van der Waals surface area (Å²) < 4.78 is 1.86. The van der Waals surface area contributed by atoms with Crippen LogP contribution in [0.5, 0.6) is 0 Å². The summed E-state index contributed by atoms with van der Waals surface area (Å²) in [5.74, 6) is 0.745. The number of fused-ring (bicyclic) bond motifs is 1. The summed E-state index contributed by atoms with van der Waals surface area (Å²) in [5.41, 5.74) is 6.33. The third-order valence-corrected chi connectivity index (χ3v) is 5.53. The van der Waals surface area contributed by atoms with Crippen molar-refractivity contribution in [2.45, 2.75) is 19.3 Å². The highest BCUT2D eigenvalue weighted by Crippen LogP contribution is 2.44. The predicted octanol–water partition coefficient (Wildman–Crippen LogP) is 5.32. The summed E-state index contributed by atoms with van der Waals surface area (Å²) in [6.45, 7) is 2.10. The van der Waals surface area contributed by atoms with E-state index >= 15 is 0 Å². The van der Waals surface area contributed by atoms with Gasteiger partial charge in [-0.3, -0.25) is 4.79 Å². The molecule has 3 aromatic carbocycles. The highest BCUT2D eigenvalue weighted by molar-refractivity contribution is 5.96. The molecule has 142 valence electrons. The van der Waals surface area contributed by atoms with E-state index in [2.05, 4.69) is 36.5 Å². The fourth-order valence-electron chi connectivity index (χ4n) is 4.16. The quantitative estimate of drug-likeness (QED) is 0.523. The van der Waals surface area contributed by atoms with Crippen molar-refractivity contribution in [3.63, 3.8) is 0 Å². The lowest BCUT2D eigenvalue weighted by atomic mass is 9.82. The zero-order valence-electron chi connectivity index (χ0n) is 16.2. The molecule has 0 saturated heterocycles. The van der Waals surface area contributed by atoms with Crippen LogP contribution in [0.15, 0.2) is 84.9 Å². The first-order valence-corrected chi connectivity index (χ1v) is 9.81. The van der Waals surface area contributed by atoms with Gasteiger partial charge in [0, 0.05) is 23.5 Å². The molecule has 1 atom stereocenters. The van der Waals surface area contributed by atoms with Crippen molar-refractivity contribution in [3.8, 4) is 16.9 Å². The SMILES string of the molecule is Cc1ccccc1C1CC(=O)Nc2c1c(-c1ccccc1)nn2-c1ccccc1. The lowest BCUT2D eigenvalue weighted by molar-refractivity contribution is -0.116. The molecule has 0 radical (unpaired) electrons. The molecule has 4 heteroatoms. The van der Waals surface area contributed by atoms with Crippen LogP contribution < -0.4 is 5.32 Å². The van der Waals surface area contributed by atoms with Crippen molar-refractivity contribution in [1.82, 2.24) is 9.78 Å². The zero-order valence-corrected chi connectivity index (χ0v) is 16.2. The average molecular weight is 379 g/mol. The number of carbonyl (C=O) groups is 1. The van der Waals surface area contributed by atoms with Crippen LogP contribution in [0.1, 0.15) is 29.0 Å². The molecule has 5 rings (SSSR count). The van der Waals surface area contributed by atoms with Gasteiger partial charge >= 0.3 is 0 Å². The standard InChI is InChI=1S/C25H21N3O/c1-17-10-8-9-15-20(17)21-16-22(29)26-25-23(21)24(18-11-4-2-5-12-18)27-28(25)19-13-6-3-7-14-19/h2-15,21H,16H2,1H3,(H,26,29). The van der Waals surface area contributed by atoms with Crippen LogP contribution in [0.25, 0.3) is 16.9 Å². The van der Waals surface area contributed by atoms with E-state index in [1.807, 2.05) is 65.3 Å². The third-order valence-electron chi connectivity index (χ3n) is 5.53. The molecule has 1 aliphatic heterocycles. The van der Waals surface area contributed by atoms with Gasteiger partial charge in [0.1, 0.15) is 5.82 Å².